The highest BCUT2D eigenvalue weighted by atomic mass is 32.2. The summed E-state index contributed by atoms with van der Waals surface area (Å²) >= 11 is 0. The Bertz CT molecular complexity index is 954. The van der Waals surface area contributed by atoms with Crippen LogP contribution in [0.15, 0.2) is 23.1 Å². The van der Waals surface area contributed by atoms with E-state index >= 15 is 0 Å². The predicted molar refractivity (Wildman–Crippen MR) is 91.2 cm³/mol. The lowest BCUT2D eigenvalue weighted by molar-refractivity contribution is 0.0596. The average Bonchev–Trinajstić information content (AvgIpc) is 2.52. The largest absolute Gasteiger partial charge is 0.465 e. The van der Waals surface area contributed by atoms with Crippen molar-refractivity contribution in [3.05, 3.63) is 41.0 Å². The number of esters is 1. The van der Waals surface area contributed by atoms with Crippen molar-refractivity contribution < 1.29 is 22.7 Å². The summed E-state index contributed by atoms with van der Waals surface area (Å²) < 4.78 is 31.5. The predicted octanol–water partition coefficient (Wildman–Crippen LogP) is 1.09. The fourth-order valence-electron chi connectivity index (χ4n) is 2.11. The molecule has 11 heteroatoms. The summed E-state index contributed by atoms with van der Waals surface area (Å²) in [7, 11) is -3.21. The van der Waals surface area contributed by atoms with Crippen LogP contribution in [0.2, 0.25) is 0 Å². The molecule has 0 radical (unpaired) electrons. The van der Waals surface area contributed by atoms with Gasteiger partial charge in [0, 0.05) is 0 Å². The van der Waals surface area contributed by atoms with Crippen molar-refractivity contribution in [2.45, 2.75) is 25.7 Å². The number of anilines is 1. The Hall–Kier alpha value is -3.08. The molecule has 2 rings (SSSR count). The maximum atomic E-state index is 12.5. The van der Waals surface area contributed by atoms with E-state index < -0.39 is 22.0 Å². The third-order valence-corrected chi connectivity index (χ3v) is 4.51. The Morgan fingerprint density at radius 2 is 1.65 bits per heavy atom. The van der Waals surface area contributed by atoms with Crippen molar-refractivity contribution in [1.29, 1.82) is 0 Å². The molecule has 0 aliphatic rings. The van der Waals surface area contributed by atoms with Crippen molar-refractivity contribution in [2.24, 2.45) is 0 Å². The number of sulfonamides is 1. The molecule has 2 N–H and O–H groups in total. The van der Waals surface area contributed by atoms with Gasteiger partial charge in [-0.2, -0.15) is 9.97 Å². The maximum absolute atomic E-state index is 12.5. The maximum Gasteiger partial charge on any atom is 0.339 e. The molecule has 0 saturated heterocycles. The molecule has 10 nitrogen and oxygen atoms in total. The van der Waals surface area contributed by atoms with Gasteiger partial charge in [-0.25, -0.2) is 27.7 Å². The number of methoxy groups -OCH3 is 1. The normalized spacial score (nSPS) is 10.9. The summed E-state index contributed by atoms with van der Waals surface area (Å²) in [4.78, 5) is 35.2. The van der Waals surface area contributed by atoms with Crippen LogP contribution < -0.4 is 10.0 Å². The van der Waals surface area contributed by atoms with E-state index in [0.717, 1.165) is 7.11 Å². The van der Waals surface area contributed by atoms with Gasteiger partial charge in [0.25, 0.3) is 10.0 Å². The van der Waals surface area contributed by atoms with E-state index in [1.807, 2.05) is 4.72 Å². The molecule has 138 valence electrons. The van der Waals surface area contributed by atoms with Gasteiger partial charge < -0.3 is 4.74 Å². The molecule has 0 bridgehead atoms. The number of carbonyl (C=O) groups is 2. The SMILES string of the molecule is COC(=O)c1ccc(C)cc1S(=O)(=O)NC(=O)Nc1nc(C)nc(C)n1. The molecule has 0 spiro atoms. The first kappa shape index (κ1) is 19.2. The number of amides is 2. The number of carbonyl (C=O) groups excluding carboxylic acids is 2. The molecule has 0 unspecified atom stereocenters. The smallest absolute Gasteiger partial charge is 0.339 e. The summed E-state index contributed by atoms with van der Waals surface area (Å²) in [5, 5.41) is 2.22. The van der Waals surface area contributed by atoms with Crippen LogP contribution in [0.4, 0.5) is 10.7 Å². The van der Waals surface area contributed by atoms with Gasteiger partial charge in [-0.15, -0.1) is 0 Å². The van der Waals surface area contributed by atoms with Crippen molar-refractivity contribution in [3.8, 4) is 0 Å². The van der Waals surface area contributed by atoms with Gasteiger partial charge in [0.2, 0.25) is 5.95 Å². The minimum Gasteiger partial charge on any atom is -0.465 e. The van der Waals surface area contributed by atoms with E-state index in [1.54, 1.807) is 26.8 Å². The molecule has 1 aromatic heterocycles. The lowest BCUT2D eigenvalue weighted by atomic mass is 10.1. The zero-order chi connectivity index (χ0) is 19.5. The summed E-state index contributed by atoms with van der Waals surface area (Å²) in [5.41, 5.74) is 0.396. The lowest BCUT2D eigenvalue weighted by Gasteiger charge is -2.11. The first-order valence-electron chi connectivity index (χ1n) is 7.34. The van der Waals surface area contributed by atoms with Crippen LogP contribution in [0, 0.1) is 20.8 Å². The number of hydrogen-bond acceptors (Lipinski definition) is 8. The molecule has 0 atom stereocenters. The van der Waals surface area contributed by atoms with E-state index in [1.165, 1.54) is 12.1 Å². The molecule has 0 saturated carbocycles. The minimum atomic E-state index is -4.34. The van der Waals surface area contributed by atoms with E-state index in [-0.39, 0.29) is 16.4 Å². The van der Waals surface area contributed by atoms with Crippen molar-refractivity contribution in [2.75, 3.05) is 12.4 Å². The van der Waals surface area contributed by atoms with Crippen molar-refractivity contribution in [1.82, 2.24) is 19.7 Å². The summed E-state index contributed by atoms with van der Waals surface area (Å²) in [6.07, 6.45) is 0. The van der Waals surface area contributed by atoms with Crippen LogP contribution in [0.25, 0.3) is 0 Å². The monoisotopic (exact) mass is 379 g/mol. The highest BCUT2D eigenvalue weighted by Crippen LogP contribution is 2.18. The van der Waals surface area contributed by atoms with Gasteiger partial charge in [-0.05, 0) is 38.5 Å². The Morgan fingerprint density at radius 3 is 2.23 bits per heavy atom. The van der Waals surface area contributed by atoms with E-state index in [9.17, 15) is 18.0 Å². The van der Waals surface area contributed by atoms with Crippen LogP contribution in [-0.2, 0) is 14.8 Å². The Balaban J connectivity index is 2.29. The second-order valence-corrected chi connectivity index (χ2v) is 6.96. The van der Waals surface area contributed by atoms with Crippen molar-refractivity contribution in [3.63, 3.8) is 0 Å². The van der Waals surface area contributed by atoms with Gasteiger partial charge in [0.05, 0.1) is 12.7 Å². The number of nitrogens with one attached hydrogen (secondary N) is 2. The molecule has 26 heavy (non-hydrogen) atoms. The molecule has 0 fully saturated rings. The molecular weight excluding hydrogens is 362 g/mol. The topological polar surface area (TPSA) is 140 Å². The van der Waals surface area contributed by atoms with E-state index in [0.29, 0.717) is 17.2 Å². The Morgan fingerprint density at radius 1 is 1.04 bits per heavy atom. The lowest BCUT2D eigenvalue weighted by Crippen LogP contribution is -2.35. The van der Waals surface area contributed by atoms with Gasteiger partial charge >= 0.3 is 12.0 Å². The molecular formula is C15H17N5O5S. The zero-order valence-corrected chi connectivity index (χ0v) is 15.3. The number of hydrogen-bond donors (Lipinski definition) is 2. The molecule has 0 aliphatic carbocycles. The number of urea groups is 1. The first-order chi connectivity index (χ1) is 12.1. The van der Waals surface area contributed by atoms with Crippen molar-refractivity contribution >= 4 is 28.0 Å². The number of ether oxygens (including phenoxy) is 1. The number of aryl methyl sites for hydroxylation is 3. The number of aromatic nitrogens is 3. The number of rotatable bonds is 4. The van der Waals surface area contributed by atoms with Gasteiger partial charge in [0.1, 0.15) is 16.5 Å². The highest BCUT2D eigenvalue weighted by molar-refractivity contribution is 7.90. The fraction of sp³-hybridized carbons (Fsp3) is 0.267. The van der Waals surface area contributed by atoms with Crippen LogP contribution in [0.5, 0.6) is 0 Å². The Kier molecular flexibility index (Phi) is 5.50. The summed E-state index contributed by atoms with van der Waals surface area (Å²) in [5.74, 6) is -0.209. The quantitative estimate of drug-likeness (QED) is 0.752. The number of nitrogens with zero attached hydrogens (tertiary/aromatic N) is 3. The van der Waals surface area contributed by atoms with Gasteiger partial charge in [-0.3, -0.25) is 5.32 Å². The van der Waals surface area contributed by atoms with Crippen LogP contribution in [0.3, 0.4) is 0 Å². The third kappa shape index (κ3) is 4.51. The fourth-order valence-corrected chi connectivity index (χ4v) is 3.29. The second kappa shape index (κ2) is 7.44. The highest BCUT2D eigenvalue weighted by Gasteiger charge is 2.25. The standard InChI is InChI=1S/C15H17N5O5S/c1-8-5-6-11(13(21)25-4)12(7-8)26(23,24)20-15(22)19-14-17-9(2)16-10(3)18-14/h5-7H,1-4H3,(H2,16,17,18,19,20,22). The first-order valence-corrected chi connectivity index (χ1v) is 8.83. The molecule has 2 amide bonds. The molecule has 2 aromatic rings. The van der Waals surface area contributed by atoms with Crippen LogP contribution in [0.1, 0.15) is 27.6 Å². The average molecular weight is 379 g/mol. The van der Waals surface area contributed by atoms with E-state index in [4.69, 9.17) is 0 Å². The Labute approximate surface area is 150 Å². The van der Waals surface area contributed by atoms with Gasteiger partial charge in [0.15, 0.2) is 0 Å². The summed E-state index contributed by atoms with van der Waals surface area (Å²) in [6, 6.07) is 3.06. The summed E-state index contributed by atoms with van der Waals surface area (Å²) in [6.45, 7) is 4.85. The number of benzene rings is 1. The van der Waals surface area contributed by atoms with E-state index in [2.05, 4.69) is 25.0 Å². The third-order valence-electron chi connectivity index (χ3n) is 3.14. The molecule has 1 heterocycles. The minimum absolute atomic E-state index is 0.0971. The second-order valence-electron chi connectivity index (χ2n) is 5.30. The van der Waals surface area contributed by atoms with Crippen LogP contribution in [-0.4, -0.2) is 42.5 Å². The zero-order valence-electron chi connectivity index (χ0n) is 14.5. The molecule has 1 aromatic carbocycles. The van der Waals surface area contributed by atoms with Crippen LogP contribution >= 0.6 is 0 Å². The van der Waals surface area contributed by atoms with Gasteiger partial charge in [-0.1, -0.05) is 6.07 Å². The molecule has 0 aliphatic heterocycles.